The van der Waals surface area contributed by atoms with E-state index < -0.39 is 0 Å². The molecule has 0 spiro atoms. The number of likely N-dealkylation sites (tertiary alicyclic amines) is 2. The van der Waals surface area contributed by atoms with Crippen LogP contribution >= 0.6 is 0 Å². The van der Waals surface area contributed by atoms with Crippen molar-refractivity contribution in [2.24, 2.45) is 0 Å². The fraction of sp³-hybridized carbons (Fsp3) is 0.500. The van der Waals surface area contributed by atoms with Gasteiger partial charge in [0.05, 0.1) is 5.52 Å². The number of hydrogen-bond donors (Lipinski definition) is 3. The summed E-state index contributed by atoms with van der Waals surface area (Å²) in [4.78, 5) is 29.1. The maximum atomic E-state index is 13.0. The van der Waals surface area contributed by atoms with Crippen molar-refractivity contribution in [2.75, 3.05) is 32.0 Å². The molecular weight excluding hydrogens is 332 g/mol. The van der Waals surface area contributed by atoms with Gasteiger partial charge >= 0.3 is 6.03 Å². The van der Waals surface area contributed by atoms with Crippen molar-refractivity contribution in [1.82, 2.24) is 25.3 Å². The van der Waals surface area contributed by atoms with Crippen LogP contribution in [0.25, 0.3) is 10.9 Å². The second-order valence-electron chi connectivity index (χ2n) is 7.15. The van der Waals surface area contributed by atoms with Gasteiger partial charge in [0, 0.05) is 42.8 Å². The van der Waals surface area contributed by atoms with Gasteiger partial charge in [-0.25, -0.2) is 4.79 Å². The topological polar surface area (TPSA) is 93.4 Å². The zero-order chi connectivity index (χ0) is 18.3. The lowest BCUT2D eigenvalue weighted by Crippen LogP contribution is -2.47. The van der Waals surface area contributed by atoms with Crippen LogP contribution in [0.3, 0.4) is 0 Å². The molecule has 1 aromatic heterocycles. The minimum atomic E-state index is -0.248. The Kier molecular flexibility index (Phi) is 4.28. The highest BCUT2D eigenvalue weighted by Gasteiger charge is 2.44. The van der Waals surface area contributed by atoms with Gasteiger partial charge in [-0.1, -0.05) is 6.92 Å². The Morgan fingerprint density at radius 3 is 2.85 bits per heavy atom. The van der Waals surface area contributed by atoms with Crippen LogP contribution < -0.4 is 10.6 Å². The predicted molar refractivity (Wildman–Crippen MR) is 99.3 cm³/mol. The van der Waals surface area contributed by atoms with E-state index in [2.05, 4.69) is 32.8 Å². The summed E-state index contributed by atoms with van der Waals surface area (Å²) < 4.78 is 0. The first kappa shape index (κ1) is 16.8. The molecule has 1 aromatic carbocycles. The number of aromatic nitrogens is 2. The lowest BCUT2D eigenvalue weighted by Gasteiger charge is -2.31. The highest BCUT2D eigenvalue weighted by Crippen LogP contribution is 2.31. The van der Waals surface area contributed by atoms with Crippen molar-refractivity contribution in [3.05, 3.63) is 23.9 Å². The molecule has 2 aliphatic rings. The van der Waals surface area contributed by atoms with E-state index in [1.807, 2.05) is 17.9 Å². The molecular formula is C18H24N6O2. The van der Waals surface area contributed by atoms with Crippen molar-refractivity contribution in [1.29, 1.82) is 0 Å². The van der Waals surface area contributed by atoms with Gasteiger partial charge in [-0.05, 0) is 38.1 Å². The molecule has 2 aliphatic heterocycles. The molecule has 3 heterocycles. The Morgan fingerprint density at radius 2 is 2.15 bits per heavy atom. The quantitative estimate of drug-likeness (QED) is 0.776. The summed E-state index contributed by atoms with van der Waals surface area (Å²) in [5.74, 6) is -0.0376. The number of piperazine rings is 1. The lowest BCUT2D eigenvalue weighted by molar-refractivity contribution is 0.0646. The molecule has 3 amide bonds. The van der Waals surface area contributed by atoms with E-state index in [9.17, 15) is 9.59 Å². The van der Waals surface area contributed by atoms with Crippen LogP contribution in [0.15, 0.2) is 18.2 Å². The molecule has 2 bridgehead atoms. The Hall–Kier alpha value is -2.61. The van der Waals surface area contributed by atoms with Crippen LogP contribution in [0.5, 0.6) is 0 Å². The van der Waals surface area contributed by atoms with Crippen molar-refractivity contribution < 1.29 is 9.59 Å². The standard InChI is InChI=1S/C18H24N6O2/c1-3-6-19-18(26)20-11-4-5-15-14(7-11)16(22-21-15)17(25)24-10-12-8-13(24)9-23(12)2/h4-5,7,12-13H,3,6,8-10H2,1-2H3,(H,21,22)(H2,19,20,26)/t12-,13-/m0/s1. The van der Waals surface area contributed by atoms with Gasteiger partial charge in [-0.2, -0.15) is 5.10 Å². The number of carbonyl (C=O) groups excluding carboxylic acids is 2. The smallest absolute Gasteiger partial charge is 0.319 e. The molecule has 0 unspecified atom stereocenters. The van der Waals surface area contributed by atoms with Crippen LogP contribution in [0.2, 0.25) is 0 Å². The lowest BCUT2D eigenvalue weighted by atomic mass is 10.1. The van der Waals surface area contributed by atoms with Crippen LogP contribution in [0.1, 0.15) is 30.3 Å². The van der Waals surface area contributed by atoms with Gasteiger partial charge in [-0.15, -0.1) is 0 Å². The van der Waals surface area contributed by atoms with Gasteiger partial charge in [0.2, 0.25) is 0 Å². The Bertz CT molecular complexity index is 845. The van der Waals surface area contributed by atoms with Gasteiger partial charge in [0.15, 0.2) is 5.69 Å². The number of rotatable bonds is 4. The number of fused-ring (bicyclic) bond motifs is 3. The van der Waals surface area contributed by atoms with Crippen LogP contribution in [-0.4, -0.2) is 70.7 Å². The number of nitrogens with zero attached hydrogens (tertiary/aromatic N) is 3. The van der Waals surface area contributed by atoms with Crippen molar-refractivity contribution in [2.45, 2.75) is 31.8 Å². The Morgan fingerprint density at radius 1 is 1.31 bits per heavy atom. The number of nitrogens with one attached hydrogen (secondary N) is 3. The fourth-order valence-corrected chi connectivity index (χ4v) is 3.92. The number of carbonyl (C=O) groups is 2. The van der Waals surface area contributed by atoms with E-state index >= 15 is 0 Å². The molecule has 8 nitrogen and oxygen atoms in total. The van der Waals surface area contributed by atoms with E-state index in [-0.39, 0.29) is 18.0 Å². The third-order valence-electron chi connectivity index (χ3n) is 5.33. The molecule has 2 atom stereocenters. The summed E-state index contributed by atoms with van der Waals surface area (Å²) in [7, 11) is 2.11. The molecule has 26 heavy (non-hydrogen) atoms. The van der Waals surface area contributed by atoms with Crippen molar-refractivity contribution in [3.8, 4) is 0 Å². The fourth-order valence-electron chi connectivity index (χ4n) is 3.92. The van der Waals surface area contributed by atoms with Gasteiger partial charge in [0.25, 0.3) is 5.91 Å². The molecule has 2 fully saturated rings. The zero-order valence-corrected chi connectivity index (χ0v) is 15.1. The molecule has 3 N–H and O–H groups in total. The average Bonchev–Trinajstić information content (AvgIpc) is 3.32. The summed E-state index contributed by atoms with van der Waals surface area (Å²) in [5, 5.41) is 13.5. The largest absolute Gasteiger partial charge is 0.338 e. The predicted octanol–water partition coefficient (Wildman–Crippen LogP) is 1.62. The normalized spacial score (nSPS) is 22.2. The number of anilines is 1. The number of benzene rings is 1. The third kappa shape index (κ3) is 2.90. The second kappa shape index (κ2) is 6.60. The minimum absolute atomic E-state index is 0.0376. The molecule has 2 aromatic rings. The first-order chi connectivity index (χ1) is 12.6. The third-order valence-corrected chi connectivity index (χ3v) is 5.33. The minimum Gasteiger partial charge on any atom is -0.338 e. The first-order valence-electron chi connectivity index (χ1n) is 9.11. The SMILES string of the molecule is CCCNC(=O)Nc1ccc2[nH]nc(C(=O)N3C[C@@H]4C[C@H]3CN4C)c2c1. The van der Waals surface area contributed by atoms with Crippen LogP contribution in [-0.2, 0) is 0 Å². The number of hydrogen-bond acceptors (Lipinski definition) is 4. The molecule has 8 heteroatoms. The second-order valence-corrected chi connectivity index (χ2v) is 7.15. The van der Waals surface area contributed by atoms with E-state index in [1.54, 1.807) is 12.1 Å². The molecule has 138 valence electrons. The van der Waals surface area contributed by atoms with Crippen LogP contribution in [0.4, 0.5) is 10.5 Å². The highest BCUT2D eigenvalue weighted by molar-refractivity contribution is 6.06. The zero-order valence-electron chi connectivity index (χ0n) is 15.1. The number of amides is 3. The average molecular weight is 356 g/mol. The summed E-state index contributed by atoms with van der Waals surface area (Å²) in [6, 6.07) is 5.91. The summed E-state index contributed by atoms with van der Waals surface area (Å²) in [5.41, 5.74) is 1.85. The van der Waals surface area contributed by atoms with Crippen LogP contribution in [0, 0.1) is 0 Å². The van der Waals surface area contributed by atoms with Crippen molar-refractivity contribution >= 4 is 28.5 Å². The Balaban J connectivity index is 1.55. The Labute approximate surface area is 151 Å². The summed E-state index contributed by atoms with van der Waals surface area (Å²) >= 11 is 0. The van der Waals surface area contributed by atoms with Gasteiger partial charge in [0.1, 0.15) is 0 Å². The molecule has 2 saturated heterocycles. The highest BCUT2D eigenvalue weighted by atomic mass is 16.2. The van der Waals surface area contributed by atoms with E-state index in [0.717, 1.165) is 36.8 Å². The first-order valence-corrected chi connectivity index (χ1v) is 9.11. The van der Waals surface area contributed by atoms with E-state index in [0.29, 0.717) is 24.0 Å². The van der Waals surface area contributed by atoms with E-state index in [4.69, 9.17) is 0 Å². The number of aromatic amines is 1. The maximum absolute atomic E-state index is 13.0. The van der Waals surface area contributed by atoms with Gasteiger partial charge in [-0.3, -0.25) is 14.8 Å². The number of likely N-dealkylation sites (N-methyl/N-ethyl adjacent to an activating group) is 1. The number of urea groups is 1. The monoisotopic (exact) mass is 356 g/mol. The summed E-state index contributed by atoms with van der Waals surface area (Å²) in [6.07, 6.45) is 1.91. The maximum Gasteiger partial charge on any atom is 0.319 e. The molecule has 4 rings (SSSR count). The molecule has 0 aliphatic carbocycles. The number of H-pyrrole nitrogens is 1. The molecule has 0 saturated carbocycles. The van der Waals surface area contributed by atoms with E-state index in [1.165, 1.54) is 0 Å². The van der Waals surface area contributed by atoms with Gasteiger partial charge < -0.3 is 15.5 Å². The van der Waals surface area contributed by atoms with Crippen molar-refractivity contribution in [3.63, 3.8) is 0 Å². The summed E-state index contributed by atoms with van der Waals surface area (Å²) in [6.45, 7) is 4.29. The molecule has 0 radical (unpaired) electrons.